The Kier molecular flexibility index (Phi) is 8.61. The van der Waals surface area contributed by atoms with Crippen LogP contribution in [0.5, 0.6) is 5.75 Å². The van der Waals surface area contributed by atoms with E-state index in [1.807, 2.05) is 6.92 Å². The number of ether oxygens (including phenoxy) is 1. The molecule has 2 amide bonds. The van der Waals surface area contributed by atoms with Crippen LogP contribution in [0, 0.1) is 5.92 Å². The van der Waals surface area contributed by atoms with Gasteiger partial charge in [-0.2, -0.15) is 0 Å². The Bertz CT molecular complexity index is 630. The van der Waals surface area contributed by atoms with E-state index < -0.39 is 29.9 Å². The monoisotopic (exact) mass is 364 g/mol. The summed E-state index contributed by atoms with van der Waals surface area (Å²) < 4.78 is 5.17. The number of para-hydroxylation sites is 1. The Labute approximate surface area is 154 Å². The highest BCUT2D eigenvalue weighted by molar-refractivity contribution is 6.00. The van der Waals surface area contributed by atoms with Crippen LogP contribution >= 0.6 is 0 Å². The molecule has 0 fully saturated rings. The van der Waals surface area contributed by atoms with Gasteiger partial charge in [-0.3, -0.25) is 9.59 Å². The number of unbranched alkanes of at least 4 members (excludes halogenated alkanes) is 1. The fourth-order valence-electron chi connectivity index (χ4n) is 2.51. The Hall–Kier alpha value is -2.57. The van der Waals surface area contributed by atoms with Crippen LogP contribution in [0.25, 0.3) is 0 Å². The number of amides is 2. The molecule has 0 bridgehead atoms. The summed E-state index contributed by atoms with van der Waals surface area (Å²) in [6.07, 6.45) is 1.87. The molecule has 1 aromatic carbocycles. The molecule has 1 rings (SSSR count). The summed E-state index contributed by atoms with van der Waals surface area (Å²) in [5.41, 5.74) is 0.314. The molecule has 0 heterocycles. The van der Waals surface area contributed by atoms with Crippen molar-refractivity contribution in [1.82, 2.24) is 10.6 Å². The molecule has 7 nitrogen and oxygen atoms in total. The smallest absolute Gasteiger partial charge is 0.326 e. The van der Waals surface area contributed by atoms with Crippen molar-refractivity contribution in [2.75, 3.05) is 7.11 Å². The van der Waals surface area contributed by atoms with E-state index in [0.29, 0.717) is 24.2 Å². The topological polar surface area (TPSA) is 105 Å². The largest absolute Gasteiger partial charge is 0.496 e. The molecule has 26 heavy (non-hydrogen) atoms. The minimum Gasteiger partial charge on any atom is -0.496 e. The first kappa shape index (κ1) is 21.5. The number of hydrogen-bond donors (Lipinski definition) is 3. The summed E-state index contributed by atoms with van der Waals surface area (Å²) in [6, 6.07) is 4.89. The van der Waals surface area contributed by atoms with Crippen LogP contribution in [-0.2, 0) is 9.59 Å². The predicted octanol–water partition coefficient (Wildman–Crippen LogP) is 2.21. The van der Waals surface area contributed by atoms with Gasteiger partial charge >= 0.3 is 5.97 Å². The molecule has 7 heteroatoms. The average Bonchev–Trinajstić information content (AvgIpc) is 2.62. The number of carboxylic acids is 1. The van der Waals surface area contributed by atoms with Crippen molar-refractivity contribution < 1.29 is 24.2 Å². The number of carbonyl (C=O) groups is 3. The molecule has 0 radical (unpaired) electrons. The summed E-state index contributed by atoms with van der Waals surface area (Å²) in [5, 5.41) is 14.5. The maximum atomic E-state index is 12.6. The number of carbonyl (C=O) groups excluding carboxylic acids is 2. The molecule has 0 saturated carbocycles. The van der Waals surface area contributed by atoms with Gasteiger partial charge in [0, 0.05) is 0 Å². The maximum absolute atomic E-state index is 12.6. The molecule has 2 unspecified atom stereocenters. The summed E-state index contributed by atoms with van der Waals surface area (Å²) in [5.74, 6) is -1.85. The van der Waals surface area contributed by atoms with E-state index in [9.17, 15) is 19.5 Å². The highest BCUT2D eigenvalue weighted by Gasteiger charge is 2.29. The van der Waals surface area contributed by atoms with Crippen molar-refractivity contribution in [2.45, 2.75) is 52.1 Å². The molecule has 0 aromatic heterocycles. The molecule has 2 atom stereocenters. The van der Waals surface area contributed by atoms with E-state index in [1.165, 1.54) is 7.11 Å². The van der Waals surface area contributed by atoms with Gasteiger partial charge in [0.2, 0.25) is 5.91 Å². The Balaban J connectivity index is 2.89. The molecule has 0 saturated heterocycles. The van der Waals surface area contributed by atoms with Gasteiger partial charge in [-0.05, 0) is 24.5 Å². The molecule has 1 aromatic rings. The fourth-order valence-corrected chi connectivity index (χ4v) is 2.51. The number of aliphatic carboxylic acids is 1. The third-order valence-electron chi connectivity index (χ3n) is 4.05. The van der Waals surface area contributed by atoms with Crippen LogP contribution in [0.1, 0.15) is 50.4 Å². The second kappa shape index (κ2) is 10.4. The summed E-state index contributed by atoms with van der Waals surface area (Å²) in [6.45, 7) is 5.52. The molecule has 0 aliphatic heterocycles. The van der Waals surface area contributed by atoms with Gasteiger partial charge < -0.3 is 20.5 Å². The van der Waals surface area contributed by atoms with E-state index in [-0.39, 0.29) is 5.92 Å². The lowest BCUT2D eigenvalue weighted by Gasteiger charge is -2.24. The lowest BCUT2D eigenvalue weighted by atomic mass is 10.0. The van der Waals surface area contributed by atoms with Gasteiger partial charge in [0.15, 0.2) is 0 Å². The van der Waals surface area contributed by atoms with Crippen molar-refractivity contribution >= 4 is 17.8 Å². The number of methoxy groups -OCH3 is 1. The minimum atomic E-state index is -1.08. The molecule has 3 N–H and O–H groups in total. The number of benzene rings is 1. The molecule has 0 spiro atoms. The lowest BCUT2D eigenvalue weighted by molar-refractivity contribution is -0.142. The predicted molar refractivity (Wildman–Crippen MR) is 98.2 cm³/mol. The quantitative estimate of drug-likeness (QED) is 0.590. The minimum absolute atomic E-state index is 0.214. The number of carboxylic acid groups (broad SMARTS) is 1. The van der Waals surface area contributed by atoms with Crippen LogP contribution in [0.2, 0.25) is 0 Å². The molecular weight excluding hydrogens is 336 g/mol. The van der Waals surface area contributed by atoms with Gasteiger partial charge in [0.05, 0.1) is 12.7 Å². The summed E-state index contributed by atoms with van der Waals surface area (Å²) >= 11 is 0. The van der Waals surface area contributed by atoms with Crippen molar-refractivity contribution in [3.63, 3.8) is 0 Å². The first-order chi connectivity index (χ1) is 12.3. The first-order valence-electron chi connectivity index (χ1n) is 8.78. The zero-order chi connectivity index (χ0) is 19.7. The van der Waals surface area contributed by atoms with Gasteiger partial charge in [0.25, 0.3) is 5.91 Å². The van der Waals surface area contributed by atoms with E-state index in [2.05, 4.69) is 10.6 Å². The van der Waals surface area contributed by atoms with Crippen molar-refractivity contribution in [3.8, 4) is 5.75 Å². The Morgan fingerprint density at radius 2 is 1.81 bits per heavy atom. The molecular formula is C19H28N2O5. The zero-order valence-electron chi connectivity index (χ0n) is 15.7. The zero-order valence-corrected chi connectivity index (χ0v) is 15.7. The molecule has 0 aliphatic rings. The lowest BCUT2D eigenvalue weighted by Crippen LogP contribution is -2.53. The van der Waals surface area contributed by atoms with Crippen LogP contribution in [0.4, 0.5) is 0 Å². The first-order valence-corrected chi connectivity index (χ1v) is 8.78. The Morgan fingerprint density at radius 3 is 2.35 bits per heavy atom. The van der Waals surface area contributed by atoms with E-state index in [4.69, 9.17) is 4.74 Å². The van der Waals surface area contributed by atoms with Gasteiger partial charge in [-0.15, -0.1) is 0 Å². The normalized spacial score (nSPS) is 13.0. The summed E-state index contributed by atoms with van der Waals surface area (Å²) in [7, 11) is 1.46. The highest BCUT2D eigenvalue weighted by atomic mass is 16.5. The molecule has 0 aliphatic carbocycles. The fraction of sp³-hybridized carbons (Fsp3) is 0.526. The second-order valence-corrected chi connectivity index (χ2v) is 6.44. The van der Waals surface area contributed by atoms with Crippen molar-refractivity contribution in [2.24, 2.45) is 5.92 Å². The molecule has 144 valence electrons. The van der Waals surface area contributed by atoms with Crippen LogP contribution < -0.4 is 15.4 Å². The van der Waals surface area contributed by atoms with Gasteiger partial charge in [-0.25, -0.2) is 4.79 Å². The van der Waals surface area contributed by atoms with Crippen molar-refractivity contribution in [3.05, 3.63) is 29.8 Å². The number of nitrogens with one attached hydrogen (secondary N) is 2. The third-order valence-corrected chi connectivity index (χ3v) is 4.05. The van der Waals surface area contributed by atoms with Crippen LogP contribution in [0.3, 0.4) is 0 Å². The Morgan fingerprint density at radius 1 is 1.15 bits per heavy atom. The standard InChI is InChI=1S/C19H28N2O5/c1-5-6-10-14(19(24)25)20-18(23)16(12(2)3)21-17(22)13-9-7-8-11-15(13)26-4/h7-9,11-12,14,16H,5-6,10H2,1-4H3,(H,20,23)(H,21,22)(H,24,25). The van der Waals surface area contributed by atoms with Gasteiger partial charge in [0.1, 0.15) is 17.8 Å². The number of hydrogen-bond acceptors (Lipinski definition) is 4. The van der Waals surface area contributed by atoms with E-state index >= 15 is 0 Å². The van der Waals surface area contributed by atoms with Crippen LogP contribution in [0.15, 0.2) is 24.3 Å². The van der Waals surface area contributed by atoms with Crippen molar-refractivity contribution in [1.29, 1.82) is 0 Å². The SMILES string of the molecule is CCCCC(NC(=O)C(NC(=O)c1ccccc1OC)C(C)C)C(=O)O. The average molecular weight is 364 g/mol. The van der Waals surface area contributed by atoms with Crippen LogP contribution in [-0.4, -0.2) is 42.1 Å². The highest BCUT2D eigenvalue weighted by Crippen LogP contribution is 2.17. The van der Waals surface area contributed by atoms with E-state index in [0.717, 1.165) is 6.42 Å². The van der Waals surface area contributed by atoms with Gasteiger partial charge in [-0.1, -0.05) is 45.7 Å². The maximum Gasteiger partial charge on any atom is 0.326 e. The number of rotatable bonds is 10. The van der Waals surface area contributed by atoms with E-state index in [1.54, 1.807) is 38.1 Å². The summed E-state index contributed by atoms with van der Waals surface area (Å²) in [4.78, 5) is 36.5. The third kappa shape index (κ3) is 6.06. The second-order valence-electron chi connectivity index (χ2n) is 6.44.